The molecule has 0 amide bonds. The summed E-state index contributed by atoms with van der Waals surface area (Å²) >= 11 is 0. The van der Waals surface area contributed by atoms with E-state index in [1.54, 1.807) is 0 Å². The van der Waals surface area contributed by atoms with Crippen LogP contribution in [0.4, 0.5) is 17.5 Å². The number of para-hydroxylation sites is 1. The molecule has 1 saturated heterocycles. The molecule has 4 heteroatoms. The zero-order chi connectivity index (χ0) is 16.2. The van der Waals surface area contributed by atoms with E-state index in [4.69, 9.17) is 4.98 Å². The van der Waals surface area contributed by atoms with E-state index in [2.05, 4.69) is 47.2 Å². The van der Waals surface area contributed by atoms with Crippen LogP contribution in [0.2, 0.25) is 0 Å². The van der Waals surface area contributed by atoms with Crippen LogP contribution in [-0.2, 0) is 12.8 Å². The van der Waals surface area contributed by atoms with Crippen LogP contribution >= 0.6 is 0 Å². The molecule has 23 heavy (non-hydrogen) atoms. The Bertz CT molecular complexity index is 653. The first-order valence-corrected chi connectivity index (χ1v) is 8.69. The second-order valence-electron chi connectivity index (χ2n) is 6.17. The van der Waals surface area contributed by atoms with E-state index in [1.165, 1.54) is 29.7 Å². The summed E-state index contributed by atoms with van der Waals surface area (Å²) in [6, 6.07) is 8.56. The predicted molar refractivity (Wildman–Crippen MR) is 96.7 cm³/mol. The Hall–Kier alpha value is -2.10. The van der Waals surface area contributed by atoms with E-state index in [9.17, 15) is 0 Å². The van der Waals surface area contributed by atoms with E-state index >= 15 is 0 Å². The summed E-state index contributed by atoms with van der Waals surface area (Å²) < 4.78 is 0. The average molecular weight is 310 g/mol. The first kappa shape index (κ1) is 15.8. The Kier molecular flexibility index (Phi) is 4.79. The summed E-state index contributed by atoms with van der Waals surface area (Å²) in [7, 11) is 0. The number of anilines is 3. The maximum atomic E-state index is 4.77. The summed E-state index contributed by atoms with van der Waals surface area (Å²) in [5, 5.41) is 3.57. The number of hydrogen-bond acceptors (Lipinski definition) is 4. The van der Waals surface area contributed by atoms with Crippen LogP contribution in [-0.4, -0.2) is 23.1 Å². The van der Waals surface area contributed by atoms with Gasteiger partial charge in [0.1, 0.15) is 5.82 Å². The third-order valence-corrected chi connectivity index (χ3v) is 4.48. The summed E-state index contributed by atoms with van der Waals surface area (Å²) in [5.41, 5.74) is 4.89. The van der Waals surface area contributed by atoms with Crippen molar-refractivity contribution in [2.45, 2.75) is 46.5 Å². The number of nitrogens with zero attached hydrogens (tertiary/aromatic N) is 3. The molecule has 0 spiro atoms. The first-order valence-electron chi connectivity index (χ1n) is 8.69. The van der Waals surface area contributed by atoms with Crippen molar-refractivity contribution >= 4 is 17.5 Å². The Morgan fingerprint density at radius 3 is 2.30 bits per heavy atom. The highest BCUT2D eigenvalue weighted by atomic mass is 15.3. The third-order valence-electron chi connectivity index (χ3n) is 4.48. The number of hydrogen-bond donors (Lipinski definition) is 1. The van der Waals surface area contributed by atoms with Gasteiger partial charge in [0.05, 0.1) is 0 Å². The van der Waals surface area contributed by atoms with E-state index in [-0.39, 0.29) is 0 Å². The van der Waals surface area contributed by atoms with Gasteiger partial charge in [0, 0.05) is 30.5 Å². The number of rotatable bonds is 5. The Morgan fingerprint density at radius 1 is 1.04 bits per heavy atom. The highest BCUT2D eigenvalue weighted by molar-refractivity contribution is 5.66. The molecule has 4 nitrogen and oxygen atoms in total. The third kappa shape index (κ3) is 3.46. The van der Waals surface area contributed by atoms with Crippen molar-refractivity contribution in [3.05, 3.63) is 41.1 Å². The largest absolute Gasteiger partial charge is 0.341 e. The Labute approximate surface area is 139 Å². The van der Waals surface area contributed by atoms with Gasteiger partial charge in [-0.15, -0.1) is 0 Å². The molecule has 1 fully saturated rings. The molecule has 1 aromatic heterocycles. The molecule has 0 saturated carbocycles. The first-order chi connectivity index (χ1) is 11.2. The van der Waals surface area contributed by atoms with E-state index < -0.39 is 0 Å². The fraction of sp³-hybridized carbons (Fsp3) is 0.474. The van der Waals surface area contributed by atoms with Gasteiger partial charge in [0.2, 0.25) is 5.95 Å². The number of aryl methyl sites for hydroxylation is 3. The minimum atomic E-state index is 0.858. The molecule has 1 N–H and O–H groups in total. The summed E-state index contributed by atoms with van der Waals surface area (Å²) in [4.78, 5) is 11.7. The van der Waals surface area contributed by atoms with Gasteiger partial charge >= 0.3 is 0 Å². The van der Waals surface area contributed by atoms with Gasteiger partial charge in [-0.25, -0.2) is 4.98 Å². The Morgan fingerprint density at radius 2 is 1.70 bits per heavy atom. The molecule has 0 aliphatic carbocycles. The number of aromatic nitrogens is 2. The van der Waals surface area contributed by atoms with E-state index in [1.807, 2.05) is 13.0 Å². The second kappa shape index (κ2) is 6.99. The van der Waals surface area contributed by atoms with Crippen molar-refractivity contribution in [1.82, 2.24) is 9.97 Å². The predicted octanol–water partition coefficient (Wildman–Crippen LogP) is 4.25. The average Bonchev–Trinajstić information content (AvgIpc) is 3.09. The van der Waals surface area contributed by atoms with Crippen LogP contribution < -0.4 is 10.2 Å². The van der Waals surface area contributed by atoms with Gasteiger partial charge in [-0.05, 0) is 43.7 Å². The molecule has 0 bridgehead atoms. The monoisotopic (exact) mass is 310 g/mol. The van der Waals surface area contributed by atoms with Crippen LogP contribution in [0.1, 0.15) is 43.5 Å². The standard InChI is InChI=1S/C19H26N4/c1-4-15-9-8-10-16(5-2)18(15)21-17-13-14(3)20-19(22-17)23-11-6-7-12-23/h8-10,13H,4-7,11-12H2,1-3H3,(H,20,21,22). The molecule has 0 radical (unpaired) electrons. The van der Waals surface area contributed by atoms with Crippen molar-refractivity contribution in [3.8, 4) is 0 Å². The smallest absolute Gasteiger partial charge is 0.227 e. The molecular weight excluding hydrogens is 284 g/mol. The quantitative estimate of drug-likeness (QED) is 0.896. The summed E-state index contributed by atoms with van der Waals surface area (Å²) in [6.07, 6.45) is 4.50. The molecule has 1 aromatic carbocycles. The molecule has 1 aliphatic rings. The molecule has 1 aliphatic heterocycles. The van der Waals surface area contributed by atoms with Crippen molar-refractivity contribution < 1.29 is 0 Å². The van der Waals surface area contributed by atoms with Gasteiger partial charge in [-0.1, -0.05) is 32.0 Å². The minimum Gasteiger partial charge on any atom is -0.341 e. The normalized spacial score (nSPS) is 14.3. The summed E-state index contributed by atoms with van der Waals surface area (Å²) in [5.74, 6) is 1.76. The van der Waals surface area contributed by atoms with Crippen LogP contribution in [0.25, 0.3) is 0 Å². The molecule has 0 unspecified atom stereocenters. The molecule has 3 rings (SSSR count). The Balaban J connectivity index is 1.94. The van der Waals surface area contributed by atoms with Crippen LogP contribution in [0.15, 0.2) is 24.3 Å². The molecule has 0 atom stereocenters. The van der Waals surface area contributed by atoms with Crippen molar-refractivity contribution in [2.75, 3.05) is 23.3 Å². The van der Waals surface area contributed by atoms with Gasteiger partial charge in [0.25, 0.3) is 0 Å². The lowest BCUT2D eigenvalue weighted by Crippen LogP contribution is -2.21. The van der Waals surface area contributed by atoms with Gasteiger partial charge in [0.15, 0.2) is 0 Å². The van der Waals surface area contributed by atoms with Crippen LogP contribution in [0.3, 0.4) is 0 Å². The highest BCUT2D eigenvalue weighted by Crippen LogP contribution is 2.27. The molecule has 2 heterocycles. The zero-order valence-electron chi connectivity index (χ0n) is 14.4. The number of nitrogens with one attached hydrogen (secondary N) is 1. The summed E-state index contributed by atoms with van der Waals surface area (Å²) in [6.45, 7) is 8.56. The van der Waals surface area contributed by atoms with Crippen LogP contribution in [0.5, 0.6) is 0 Å². The fourth-order valence-electron chi connectivity index (χ4n) is 3.21. The second-order valence-corrected chi connectivity index (χ2v) is 6.17. The lowest BCUT2D eigenvalue weighted by atomic mass is 10.0. The van der Waals surface area contributed by atoms with Crippen molar-refractivity contribution in [1.29, 1.82) is 0 Å². The minimum absolute atomic E-state index is 0.858. The lowest BCUT2D eigenvalue weighted by molar-refractivity contribution is 0.890. The van der Waals surface area contributed by atoms with Crippen molar-refractivity contribution in [3.63, 3.8) is 0 Å². The highest BCUT2D eigenvalue weighted by Gasteiger charge is 2.16. The zero-order valence-corrected chi connectivity index (χ0v) is 14.4. The van der Waals surface area contributed by atoms with E-state index in [0.717, 1.165) is 43.4 Å². The topological polar surface area (TPSA) is 41.1 Å². The molecule has 2 aromatic rings. The number of benzene rings is 1. The van der Waals surface area contributed by atoms with Gasteiger partial charge in [-0.3, -0.25) is 0 Å². The SMILES string of the molecule is CCc1cccc(CC)c1Nc1cc(C)nc(N2CCCC2)n1. The van der Waals surface area contributed by atoms with Crippen LogP contribution in [0, 0.1) is 6.92 Å². The lowest BCUT2D eigenvalue weighted by Gasteiger charge is -2.19. The van der Waals surface area contributed by atoms with E-state index in [0.29, 0.717) is 0 Å². The van der Waals surface area contributed by atoms with Gasteiger partial charge < -0.3 is 10.2 Å². The molecule has 122 valence electrons. The molecular formula is C19H26N4. The maximum Gasteiger partial charge on any atom is 0.227 e. The fourth-order valence-corrected chi connectivity index (χ4v) is 3.21. The van der Waals surface area contributed by atoms with Crippen molar-refractivity contribution in [2.24, 2.45) is 0 Å². The van der Waals surface area contributed by atoms with Gasteiger partial charge in [-0.2, -0.15) is 4.98 Å². The maximum absolute atomic E-state index is 4.77.